The third-order valence-corrected chi connectivity index (χ3v) is 3.44. The molecule has 2 aromatic carbocycles. The van der Waals surface area contributed by atoms with Crippen LogP contribution < -0.4 is 10.2 Å². The van der Waals surface area contributed by atoms with Crippen LogP contribution in [-0.4, -0.2) is 18.4 Å². The van der Waals surface area contributed by atoms with Crippen molar-refractivity contribution in [2.45, 2.75) is 20.8 Å². The van der Waals surface area contributed by atoms with Gasteiger partial charge in [0, 0.05) is 19.2 Å². The molecule has 22 heavy (non-hydrogen) atoms. The molecule has 0 aromatic heterocycles. The van der Waals surface area contributed by atoms with Crippen LogP contribution in [0.4, 0.5) is 11.4 Å². The van der Waals surface area contributed by atoms with E-state index in [-0.39, 0.29) is 11.8 Å². The van der Waals surface area contributed by atoms with Crippen molar-refractivity contribution in [1.29, 1.82) is 0 Å². The molecule has 0 fully saturated rings. The van der Waals surface area contributed by atoms with E-state index in [9.17, 15) is 9.59 Å². The molecular formula is C18H20N2O2. The van der Waals surface area contributed by atoms with Crippen molar-refractivity contribution in [2.75, 3.05) is 16.8 Å². The van der Waals surface area contributed by atoms with E-state index in [4.69, 9.17) is 0 Å². The monoisotopic (exact) mass is 296 g/mol. The van der Waals surface area contributed by atoms with Gasteiger partial charge in [0.05, 0.1) is 11.3 Å². The molecule has 0 aliphatic rings. The minimum atomic E-state index is -0.195. The van der Waals surface area contributed by atoms with Crippen LogP contribution in [0.3, 0.4) is 0 Å². The van der Waals surface area contributed by atoms with Crippen molar-refractivity contribution in [1.82, 2.24) is 0 Å². The molecule has 2 amide bonds. The number of nitrogens with zero attached hydrogens (tertiary/aromatic N) is 1. The van der Waals surface area contributed by atoms with Crippen molar-refractivity contribution < 1.29 is 9.59 Å². The average molecular weight is 296 g/mol. The Labute approximate surface area is 130 Å². The maximum Gasteiger partial charge on any atom is 0.260 e. The summed E-state index contributed by atoms with van der Waals surface area (Å²) in [5.41, 5.74) is 2.94. The van der Waals surface area contributed by atoms with Crippen molar-refractivity contribution in [2.24, 2.45) is 0 Å². The molecule has 4 nitrogen and oxygen atoms in total. The Morgan fingerprint density at radius 3 is 2.32 bits per heavy atom. The average Bonchev–Trinajstić information content (AvgIpc) is 2.49. The molecule has 0 spiro atoms. The summed E-state index contributed by atoms with van der Waals surface area (Å²) < 4.78 is 0. The van der Waals surface area contributed by atoms with Gasteiger partial charge in [-0.25, -0.2) is 0 Å². The molecule has 0 radical (unpaired) electrons. The summed E-state index contributed by atoms with van der Waals surface area (Å²) in [7, 11) is 0. The van der Waals surface area contributed by atoms with Gasteiger partial charge in [0.2, 0.25) is 5.91 Å². The molecule has 0 unspecified atom stereocenters. The van der Waals surface area contributed by atoms with Crippen LogP contribution in [0.1, 0.15) is 29.8 Å². The Balaban J connectivity index is 2.42. The van der Waals surface area contributed by atoms with Gasteiger partial charge in [-0.05, 0) is 37.6 Å². The van der Waals surface area contributed by atoms with Gasteiger partial charge in [-0.1, -0.05) is 30.3 Å². The van der Waals surface area contributed by atoms with Crippen LogP contribution in [-0.2, 0) is 4.79 Å². The largest absolute Gasteiger partial charge is 0.326 e. The smallest absolute Gasteiger partial charge is 0.260 e. The maximum atomic E-state index is 12.9. The van der Waals surface area contributed by atoms with E-state index in [1.54, 1.807) is 29.2 Å². The van der Waals surface area contributed by atoms with Crippen LogP contribution in [0.15, 0.2) is 48.5 Å². The third-order valence-electron chi connectivity index (χ3n) is 3.44. The van der Waals surface area contributed by atoms with Crippen LogP contribution >= 0.6 is 0 Å². The van der Waals surface area contributed by atoms with Crippen LogP contribution in [0.25, 0.3) is 0 Å². The molecule has 0 saturated heterocycles. The predicted octanol–water partition coefficient (Wildman–Crippen LogP) is 3.62. The van der Waals surface area contributed by atoms with Gasteiger partial charge in [0.25, 0.3) is 5.91 Å². The Kier molecular flexibility index (Phi) is 4.94. The second-order valence-corrected chi connectivity index (χ2v) is 5.06. The summed E-state index contributed by atoms with van der Waals surface area (Å²) in [4.78, 5) is 25.9. The van der Waals surface area contributed by atoms with Crippen molar-refractivity contribution in [3.05, 3.63) is 59.7 Å². The van der Waals surface area contributed by atoms with Crippen molar-refractivity contribution in [3.8, 4) is 0 Å². The number of aryl methyl sites for hydroxylation is 1. The second kappa shape index (κ2) is 6.89. The van der Waals surface area contributed by atoms with Crippen LogP contribution in [0, 0.1) is 6.92 Å². The number of hydrogen-bond acceptors (Lipinski definition) is 2. The fraction of sp³-hybridized carbons (Fsp3) is 0.222. The summed E-state index contributed by atoms with van der Waals surface area (Å²) in [6.07, 6.45) is 0. The zero-order valence-electron chi connectivity index (χ0n) is 13.1. The Morgan fingerprint density at radius 1 is 1.05 bits per heavy atom. The van der Waals surface area contributed by atoms with E-state index < -0.39 is 0 Å². The normalized spacial score (nSPS) is 10.1. The molecule has 2 rings (SSSR count). The topological polar surface area (TPSA) is 49.4 Å². The fourth-order valence-electron chi connectivity index (χ4n) is 2.40. The zero-order valence-corrected chi connectivity index (χ0v) is 13.1. The Bertz CT molecular complexity index is 695. The highest BCUT2D eigenvalue weighted by atomic mass is 16.2. The summed E-state index contributed by atoms with van der Waals surface area (Å²) in [6, 6.07) is 14.8. The first-order chi connectivity index (χ1) is 10.5. The second-order valence-electron chi connectivity index (χ2n) is 5.06. The Hall–Kier alpha value is -2.62. The lowest BCUT2D eigenvalue weighted by molar-refractivity contribution is -0.114. The van der Waals surface area contributed by atoms with Gasteiger partial charge in [0.1, 0.15) is 0 Å². The van der Waals surface area contributed by atoms with E-state index >= 15 is 0 Å². The fourth-order valence-corrected chi connectivity index (χ4v) is 2.40. The van der Waals surface area contributed by atoms with Gasteiger partial charge in [-0.3, -0.25) is 9.59 Å². The Morgan fingerprint density at radius 2 is 1.68 bits per heavy atom. The van der Waals surface area contributed by atoms with Crippen molar-refractivity contribution >= 4 is 23.2 Å². The first-order valence-corrected chi connectivity index (χ1v) is 7.28. The van der Waals surface area contributed by atoms with Gasteiger partial charge >= 0.3 is 0 Å². The summed E-state index contributed by atoms with van der Waals surface area (Å²) in [6.45, 7) is 5.90. The number of benzene rings is 2. The quantitative estimate of drug-likeness (QED) is 0.936. The van der Waals surface area contributed by atoms with E-state index in [1.165, 1.54) is 6.92 Å². The van der Waals surface area contributed by atoms with Gasteiger partial charge in [-0.15, -0.1) is 0 Å². The number of amides is 2. The molecule has 0 saturated carbocycles. The standard InChI is InChI=1S/C18H20N2O2/c1-4-20(17-12-8-5-9-13(17)2)18(22)15-10-6-7-11-16(15)19-14(3)21/h5-12H,4H2,1-3H3,(H,19,21). The molecule has 114 valence electrons. The molecule has 0 bridgehead atoms. The lowest BCUT2D eigenvalue weighted by atomic mass is 10.1. The molecule has 1 N–H and O–H groups in total. The highest BCUT2D eigenvalue weighted by Gasteiger charge is 2.20. The maximum absolute atomic E-state index is 12.9. The van der Waals surface area contributed by atoms with Crippen LogP contribution in [0.5, 0.6) is 0 Å². The van der Waals surface area contributed by atoms with Gasteiger partial charge < -0.3 is 10.2 Å². The minimum absolute atomic E-state index is 0.124. The SMILES string of the molecule is CCN(C(=O)c1ccccc1NC(C)=O)c1ccccc1C. The van der Waals surface area contributed by atoms with Gasteiger partial charge in [0.15, 0.2) is 0 Å². The van der Waals surface area contributed by atoms with Crippen molar-refractivity contribution in [3.63, 3.8) is 0 Å². The number of carbonyl (C=O) groups is 2. The molecule has 0 heterocycles. The molecule has 0 aliphatic carbocycles. The molecule has 0 aliphatic heterocycles. The van der Waals surface area contributed by atoms with E-state index in [1.807, 2.05) is 38.1 Å². The molecule has 2 aromatic rings. The minimum Gasteiger partial charge on any atom is -0.326 e. The summed E-state index contributed by atoms with van der Waals surface area (Å²) in [5, 5.41) is 2.71. The first-order valence-electron chi connectivity index (χ1n) is 7.28. The first kappa shape index (κ1) is 15.8. The van der Waals surface area contributed by atoms with E-state index in [0.717, 1.165) is 11.3 Å². The van der Waals surface area contributed by atoms with Gasteiger partial charge in [-0.2, -0.15) is 0 Å². The van der Waals surface area contributed by atoms with Crippen LogP contribution in [0.2, 0.25) is 0 Å². The molecule has 0 atom stereocenters. The number of nitrogens with one attached hydrogen (secondary N) is 1. The number of rotatable bonds is 4. The van der Waals surface area contributed by atoms with E-state index in [0.29, 0.717) is 17.8 Å². The zero-order chi connectivity index (χ0) is 16.1. The number of para-hydroxylation sites is 2. The number of hydrogen-bond donors (Lipinski definition) is 1. The molecular weight excluding hydrogens is 276 g/mol. The lowest BCUT2D eigenvalue weighted by Gasteiger charge is -2.24. The summed E-state index contributed by atoms with van der Waals surface area (Å²) in [5.74, 6) is -0.319. The predicted molar refractivity (Wildman–Crippen MR) is 89.3 cm³/mol. The highest BCUT2D eigenvalue weighted by Crippen LogP contribution is 2.24. The summed E-state index contributed by atoms with van der Waals surface area (Å²) >= 11 is 0. The lowest BCUT2D eigenvalue weighted by Crippen LogP contribution is -2.32. The highest BCUT2D eigenvalue weighted by molar-refractivity contribution is 6.11. The van der Waals surface area contributed by atoms with E-state index in [2.05, 4.69) is 5.32 Å². The number of anilines is 2. The molecule has 4 heteroatoms. The number of carbonyl (C=O) groups excluding carboxylic acids is 2. The third kappa shape index (κ3) is 3.34.